The molecule has 0 aliphatic rings. The van der Waals surface area contributed by atoms with Gasteiger partial charge in [-0.05, 0) is 29.8 Å². The Morgan fingerprint density at radius 1 is 0.941 bits per heavy atom. The van der Waals surface area contributed by atoms with Gasteiger partial charge in [0.1, 0.15) is 0 Å². The van der Waals surface area contributed by atoms with E-state index in [0.717, 1.165) is 12.1 Å². The van der Waals surface area contributed by atoms with Crippen LogP contribution < -0.4 is 10.7 Å². The van der Waals surface area contributed by atoms with E-state index in [1.165, 1.54) is 24.3 Å². The van der Waals surface area contributed by atoms with Gasteiger partial charge in [0.05, 0.1) is 0 Å². The predicted molar refractivity (Wildman–Crippen MR) is 57.9 cm³/mol. The number of rotatable bonds is 2. The lowest BCUT2D eigenvalue weighted by Crippen LogP contribution is -1.90. The molecule has 0 atom stereocenters. The Morgan fingerprint density at radius 2 is 1.71 bits per heavy atom. The molecular weight excluding hydrogens is 231 g/mol. The van der Waals surface area contributed by atoms with Gasteiger partial charge in [-0.25, -0.2) is 8.78 Å². The number of anilines is 1. The lowest BCUT2D eigenvalue weighted by molar-refractivity contribution is -0.00538. The molecule has 2 rings (SSSR count). The molecule has 0 amide bonds. The van der Waals surface area contributed by atoms with E-state index in [1.807, 2.05) is 0 Å². The van der Waals surface area contributed by atoms with Crippen LogP contribution in [0.5, 0.6) is 5.75 Å². The summed E-state index contributed by atoms with van der Waals surface area (Å²) in [5, 5.41) is 0. The second kappa shape index (κ2) is 4.37. The molecule has 0 unspecified atom stereocenters. The summed E-state index contributed by atoms with van der Waals surface area (Å²) in [6.07, 6.45) is 0. The molecule has 0 aliphatic carbocycles. The molecule has 0 saturated heterocycles. The van der Waals surface area contributed by atoms with Crippen molar-refractivity contribution in [1.29, 1.82) is 0 Å². The van der Waals surface area contributed by atoms with Gasteiger partial charge in [0.15, 0.2) is 17.4 Å². The highest BCUT2D eigenvalue weighted by Crippen LogP contribution is 2.32. The molecule has 0 heterocycles. The van der Waals surface area contributed by atoms with Gasteiger partial charge in [0, 0.05) is 21.8 Å². The second-order valence-electron chi connectivity index (χ2n) is 3.46. The Balaban J connectivity index is 2.55. The van der Waals surface area contributed by atoms with Gasteiger partial charge in [0.25, 0.3) is 0 Å². The summed E-state index contributed by atoms with van der Waals surface area (Å²) in [6.45, 7) is 0. The molecule has 0 spiro atoms. The summed E-state index contributed by atoms with van der Waals surface area (Å²) < 4.78 is 38.1. The van der Waals surface area contributed by atoms with Gasteiger partial charge in [-0.2, -0.15) is 0 Å². The van der Waals surface area contributed by atoms with Crippen molar-refractivity contribution in [2.75, 3.05) is 5.73 Å². The molecule has 0 aromatic heterocycles. The molecule has 2 aromatic carbocycles. The van der Waals surface area contributed by atoms with Crippen LogP contribution in [0.25, 0.3) is 11.1 Å². The molecule has 88 valence electrons. The average molecular weight is 239 g/mol. The first-order chi connectivity index (χ1) is 8.11. The first kappa shape index (κ1) is 11.3. The van der Waals surface area contributed by atoms with E-state index < -0.39 is 11.6 Å². The quantitative estimate of drug-likeness (QED) is 0.814. The Hall–Kier alpha value is -2.17. The number of hydrogen-bond acceptors (Lipinski definition) is 2. The highest BCUT2D eigenvalue weighted by atomic mass is 19.3. The molecule has 0 radical (unpaired) electrons. The molecule has 5 heteroatoms. The lowest BCUT2D eigenvalue weighted by atomic mass is 10.0. The van der Waals surface area contributed by atoms with Crippen molar-refractivity contribution in [2.24, 2.45) is 0 Å². The van der Waals surface area contributed by atoms with Gasteiger partial charge < -0.3 is 5.73 Å². The smallest absolute Gasteiger partial charge is 0.181 e. The van der Waals surface area contributed by atoms with E-state index in [1.54, 1.807) is 0 Å². The van der Waals surface area contributed by atoms with E-state index in [-0.39, 0.29) is 5.75 Å². The molecule has 0 aliphatic heterocycles. The molecule has 2 nitrogen and oxygen atoms in total. The molecule has 2 N–H and O–H groups in total. The molecule has 0 bridgehead atoms. The van der Waals surface area contributed by atoms with Crippen LogP contribution >= 0.6 is 0 Å². The van der Waals surface area contributed by atoms with Gasteiger partial charge in [0.2, 0.25) is 0 Å². The molecule has 17 heavy (non-hydrogen) atoms. The van der Waals surface area contributed by atoms with Crippen LogP contribution in [-0.2, 0) is 0 Å². The summed E-state index contributed by atoms with van der Waals surface area (Å²) >= 11 is 0. The number of benzene rings is 2. The molecular formula is C12H8F3NO. The Bertz CT molecular complexity index is 557. The zero-order chi connectivity index (χ0) is 12.4. The summed E-state index contributed by atoms with van der Waals surface area (Å²) in [4.78, 5) is 3.65. The van der Waals surface area contributed by atoms with Crippen molar-refractivity contribution in [3.63, 3.8) is 0 Å². The van der Waals surface area contributed by atoms with Gasteiger partial charge >= 0.3 is 0 Å². The normalized spacial score (nSPS) is 10.3. The SMILES string of the molecule is Nc1ccc(-c2ccc(F)c(F)c2)c(OF)c1. The van der Waals surface area contributed by atoms with E-state index in [4.69, 9.17) is 5.73 Å². The first-order valence-electron chi connectivity index (χ1n) is 4.75. The van der Waals surface area contributed by atoms with Crippen LogP contribution in [0.15, 0.2) is 36.4 Å². The zero-order valence-corrected chi connectivity index (χ0v) is 8.58. The number of halogens is 3. The Labute approximate surface area is 95.3 Å². The van der Waals surface area contributed by atoms with Crippen molar-refractivity contribution >= 4 is 5.69 Å². The highest BCUT2D eigenvalue weighted by Gasteiger charge is 2.10. The third-order valence-corrected chi connectivity index (χ3v) is 2.32. The third-order valence-electron chi connectivity index (χ3n) is 2.32. The van der Waals surface area contributed by atoms with E-state index in [9.17, 15) is 13.3 Å². The number of hydrogen-bond donors (Lipinski definition) is 1. The van der Waals surface area contributed by atoms with E-state index >= 15 is 0 Å². The lowest BCUT2D eigenvalue weighted by Gasteiger charge is -2.06. The number of nitrogen functional groups attached to an aromatic ring is 1. The van der Waals surface area contributed by atoms with E-state index in [0.29, 0.717) is 16.8 Å². The highest BCUT2D eigenvalue weighted by molar-refractivity contribution is 5.72. The average Bonchev–Trinajstić information content (AvgIpc) is 2.32. The van der Waals surface area contributed by atoms with Crippen molar-refractivity contribution < 1.29 is 18.2 Å². The minimum absolute atomic E-state index is 0.143. The van der Waals surface area contributed by atoms with Crippen LogP contribution in [-0.4, -0.2) is 0 Å². The fourth-order valence-corrected chi connectivity index (χ4v) is 1.50. The van der Waals surface area contributed by atoms with Crippen LogP contribution in [0.3, 0.4) is 0 Å². The zero-order valence-electron chi connectivity index (χ0n) is 8.58. The van der Waals surface area contributed by atoms with E-state index in [2.05, 4.69) is 4.94 Å². The van der Waals surface area contributed by atoms with Crippen molar-refractivity contribution in [2.45, 2.75) is 0 Å². The number of nitrogens with two attached hydrogens (primary N) is 1. The third kappa shape index (κ3) is 2.18. The predicted octanol–water partition coefficient (Wildman–Crippen LogP) is 3.48. The summed E-state index contributed by atoms with van der Waals surface area (Å²) in [5.41, 5.74) is 6.36. The van der Waals surface area contributed by atoms with Gasteiger partial charge in [-0.1, -0.05) is 6.07 Å². The Morgan fingerprint density at radius 3 is 2.35 bits per heavy atom. The summed E-state index contributed by atoms with van der Waals surface area (Å²) in [6, 6.07) is 7.49. The van der Waals surface area contributed by atoms with Gasteiger partial charge in [-0.3, -0.25) is 4.94 Å². The standard InChI is InChI=1S/C12H8F3NO/c13-10-4-1-7(5-11(10)14)9-3-2-8(16)6-12(9)17-15/h1-6H,16H2. The van der Waals surface area contributed by atoms with Gasteiger partial charge in [-0.15, -0.1) is 0 Å². The van der Waals surface area contributed by atoms with Crippen LogP contribution in [0.2, 0.25) is 0 Å². The largest absolute Gasteiger partial charge is 0.399 e. The molecule has 2 aromatic rings. The maximum absolute atomic E-state index is 13.0. The van der Waals surface area contributed by atoms with Crippen LogP contribution in [0.4, 0.5) is 19.0 Å². The van der Waals surface area contributed by atoms with Crippen molar-refractivity contribution in [3.05, 3.63) is 48.0 Å². The minimum Gasteiger partial charge on any atom is -0.399 e. The van der Waals surface area contributed by atoms with Crippen LogP contribution in [0.1, 0.15) is 0 Å². The van der Waals surface area contributed by atoms with Crippen LogP contribution in [0, 0.1) is 11.6 Å². The maximum atomic E-state index is 13.0. The monoisotopic (exact) mass is 239 g/mol. The fourth-order valence-electron chi connectivity index (χ4n) is 1.50. The Kier molecular flexibility index (Phi) is 2.91. The fraction of sp³-hybridized carbons (Fsp3) is 0. The summed E-state index contributed by atoms with van der Waals surface area (Å²) in [5.74, 6) is -2.12. The van der Waals surface area contributed by atoms with Crippen molar-refractivity contribution in [1.82, 2.24) is 0 Å². The summed E-state index contributed by atoms with van der Waals surface area (Å²) in [7, 11) is 0. The first-order valence-corrected chi connectivity index (χ1v) is 4.75. The minimum atomic E-state index is -1.01. The maximum Gasteiger partial charge on any atom is 0.181 e. The second-order valence-corrected chi connectivity index (χ2v) is 3.46. The molecule has 0 saturated carbocycles. The molecule has 0 fully saturated rings. The van der Waals surface area contributed by atoms with Crippen molar-refractivity contribution in [3.8, 4) is 16.9 Å². The topological polar surface area (TPSA) is 35.2 Å².